The van der Waals surface area contributed by atoms with Gasteiger partial charge >= 0.3 is 0 Å². The molecule has 0 fully saturated rings. The van der Waals surface area contributed by atoms with E-state index in [1.54, 1.807) is 31.6 Å². The predicted octanol–water partition coefficient (Wildman–Crippen LogP) is 3.04. The molecule has 1 atom stereocenters. The van der Waals surface area contributed by atoms with E-state index in [1.807, 2.05) is 29.6 Å². The van der Waals surface area contributed by atoms with Gasteiger partial charge < -0.3 is 14.6 Å². The number of hydrogen-bond donors (Lipinski definition) is 1. The summed E-state index contributed by atoms with van der Waals surface area (Å²) >= 11 is 1.64. The summed E-state index contributed by atoms with van der Waals surface area (Å²) < 4.78 is 10.4. The van der Waals surface area contributed by atoms with Crippen LogP contribution in [0.5, 0.6) is 11.5 Å². The number of methoxy groups -OCH3 is 2. The maximum atomic E-state index is 10.2. The zero-order chi connectivity index (χ0) is 13.0. The smallest absolute Gasteiger partial charge is 0.122 e. The molecule has 18 heavy (non-hydrogen) atoms. The number of benzene rings is 1. The van der Waals surface area contributed by atoms with Crippen LogP contribution in [-0.2, 0) is 6.42 Å². The molecule has 0 amide bonds. The molecule has 1 aromatic carbocycles. The van der Waals surface area contributed by atoms with Crippen LogP contribution in [0.15, 0.2) is 35.7 Å². The van der Waals surface area contributed by atoms with Crippen molar-refractivity contribution < 1.29 is 14.6 Å². The molecule has 3 nitrogen and oxygen atoms in total. The fourth-order valence-corrected chi connectivity index (χ4v) is 2.50. The minimum atomic E-state index is -0.548. The molecule has 1 unspecified atom stereocenters. The lowest BCUT2D eigenvalue weighted by Crippen LogP contribution is -2.01. The Morgan fingerprint density at radius 2 is 1.83 bits per heavy atom. The van der Waals surface area contributed by atoms with Gasteiger partial charge in [0.2, 0.25) is 0 Å². The molecule has 96 valence electrons. The topological polar surface area (TPSA) is 38.7 Å². The van der Waals surface area contributed by atoms with E-state index >= 15 is 0 Å². The van der Waals surface area contributed by atoms with Gasteiger partial charge in [-0.15, -0.1) is 11.3 Å². The first-order valence-electron chi connectivity index (χ1n) is 5.66. The standard InChI is InChI=1S/C14H16O3S/c1-16-11-6-10(7-12(8-11)17-2)14(15)9-13-4-3-5-18-13/h3-8,14-15H,9H2,1-2H3. The van der Waals surface area contributed by atoms with E-state index in [0.29, 0.717) is 17.9 Å². The van der Waals surface area contributed by atoms with Crippen molar-refractivity contribution in [3.8, 4) is 11.5 Å². The minimum absolute atomic E-state index is 0.548. The van der Waals surface area contributed by atoms with E-state index in [1.165, 1.54) is 0 Å². The summed E-state index contributed by atoms with van der Waals surface area (Å²) in [4.78, 5) is 1.16. The Balaban J connectivity index is 2.20. The zero-order valence-corrected chi connectivity index (χ0v) is 11.2. The SMILES string of the molecule is COc1cc(OC)cc(C(O)Cc2cccs2)c1. The second-order valence-electron chi connectivity index (χ2n) is 3.95. The summed E-state index contributed by atoms with van der Waals surface area (Å²) in [6.45, 7) is 0. The van der Waals surface area contributed by atoms with E-state index in [9.17, 15) is 5.11 Å². The first-order chi connectivity index (χ1) is 8.72. The molecular weight excluding hydrogens is 248 g/mol. The molecule has 1 aromatic heterocycles. The van der Waals surface area contributed by atoms with Crippen LogP contribution >= 0.6 is 11.3 Å². The number of ether oxygens (including phenoxy) is 2. The highest BCUT2D eigenvalue weighted by Crippen LogP contribution is 2.28. The Hall–Kier alpha value is -1.52. The monoisotopic (exact) mass is 264 g/mol. The lowest BCUT2D eigenvalue weighted by Gasteiger charge is -2.13. The van der Waals surface area contributed by atoms with Gasteiger partial charge in [-0.2, -0.15) is 0 Å². The van der Waals surface area contributed by atoms with Crippen LogP contribution < -0.4 is 9.47 Å². The molecular formula is C14H16O3S. The zero-order valence-electron chi connectivity index (χ0n) is 10.4. The minimum Gasteiger partial charge on any atom is -0.497 e. The molecule has 2 aromatic rings. The third-order valence-corrected chi connectivity index (χ3v) is 3.63. The van der Waals surface area contributed by atoms with Crippen LogP contribution in [0.4, 0.5) is 0 Å². The van der Waals surface area contributed by atoms with Crippen LogP contribution in [0.1, 0.15) is 16.5 Å². The highest BCUT2D eigenvalue weighted by molar-refractivity contribution is 7.09. The van der Waals surface area contributed by atoms with Crippen LogP contribution in [-0.4, -0.2) is 19.3 Å². The molecule has 0 aliphatic heterocycles. The fourth-order valence-electron chi connectivity index (χ4n) is 1.76. The first-order valence-corrected chi connectivity index (χ1v) is 6.54. The lowest BCUT2D eigenvalue weighted by molar-refractivity contribution is 0.178. The summed E-state index contributed by atoms with van der Waals surface area (Å²) in [6.07, 6.45) is 0.0567. The van der Waals surface area contributed by atoms with Crippen LogP contribution in [0.3, 0.4) is 0 Å². The van der Waals surface area contributed by atoms with Gasteiger partial charge in [-0.05, 0) is 29.1 Å². The van der Waals surface area contributed by atoms with Crippen molar-refractivity contribution in [3.05, 3.63) is 46.2 Å². The maximum Gasteiger partial charge on any atom is 0.122 e. The second kappa shape index (κ2) is 5.89. The second-order valence-corrected chi connectivity index (χ2v) is 4.98. The van der Waals surface area contributed by atoms with Crippen molar-refractivity contribution in [3.63, 3.8) is 0 Å². The summed E-state index contributed by atoms with van der Waals surface area (Å²) in [6, 6.07) is 9.47. The summed E-state index contributed by atoms with van der Waals surface area (Å²) in [7, 11) is 3.20. The third kappa shape index (κ3) is 3.03. The number of rotatable bonds is 5. The number of aliphatic hydroxyl groups is 1. The highest BCUT2D eigenvalue weighted by atomic mass is 32.1. The van der Waals surface area contributed by atoms with Gasteiger partial charge in [-0.25, -0.2) is 0 Å². The molecule has 0 saturated carbocycles. The third-order valence-electron chi connectivity index (χ3n) is 2.73. The fraction of sp³-hybridized carbons (Fsp3) is 0.286. The molecule has 0 radical (unpaired) electrons. The molecule has 0 aliphatic rings. The lowest BCUT2D eigenvalue weighted by atomic mass is 10.1. The van der Waals surface area contributed by atoms with Crippen molar-refractivity contribution >= 4 is 11.3 Å². The average molecular weight is 264 g/mol. The van der Waals surface area contributed by atoms with Crippen molar-refractivity contribution in [1.29, 1.82) is 0 Å². The Kier molecular flexibility index (Phi) is 4.23. The van der Waals surface area contributed by atoms with Crippen molar-refractivity contribution in [2.45, 2.75) is 12.5 Å². The Morgan fingerprint density at radius 3 is 2.33 bits per heavy atom. The molecule has 0 bridgehead atoms. The maximum absolute atomic E-state index is 10.2. The number of hydrogen-bond acceptors (Lipinski definition) is 4. The van der Waals surface area contributed by atoms with Crippen LogP contribution in [0.2, 0.25) is 0 Å². The predicted molar refractivity (Wildman–Crippen MR) is 72.5 cm³/mol. The van der Waals surface area contributed by atoms with Gasteiger partial charge in [0.05, 0.1) is 20.3 Å². The Morgan fingerprint density at radius 1 is 1.17 bits per heavy atom. The molecule has 1 heterocycles. The van der Waals surface area contributed by atoms with E-state index < -0.39 is 6.10 Å². The van der Waals surface area contributed by atoms with Gasteiger partial charge in [0.1, 0.15) is 11.5 Å². The Bertz CT molecular complexity index is 471. The number of thiophene rings is 1. The van der Waals surface area contributed by atoms with Crippen molar-refractivity contribution in [1.82, 2.24) is 0 Å². The van der Waals surface area contributed by atoms with Crippen molar-refractivity contribution in [2.75, 3.05) is 14.2 Å². The molecule has 1 N–H and O–H groups in total. The van der Waals surface area contributed by atoms with Gasteiger partial charge in [-0.3, -0.25) is 0 Å². The summed E-state index contributed by atoms with van der Waals surface area (Å²) in [5.41, 5.74) is 0.805. The normalized spacial score (nSPS) is 12.2. The molecule has 0 aliphatic carbocycles. The van der Waals surface area contributed by atoms with Gasteiger partial charge in [0.25, 0.3) is 0 Å². The molecule has 0 saturated heterocycles. The van der Waals surface area contributed by atoms with Gasteiger partial charge in [0, 0.05) is 17.4 Å². The highest BCUT2D eigenvalue weighted by Gasteiger charge is 2.12. The largest absolute Gasteiger partial charge is 0.497 e. The molecule has 2 rings (SSSR count). The van der Waals surface area contributed by atoms with E-state index in [0.717, 1.165) is 10.4 Å². The van der Waals surface area contributed by atoms with E-state index in [4.69, 9.17) is 9.47 Å². The van der Waals surface area contributed by atoms with Gasteiger partial charge in [0.15, 0.2) is 0 Å². The van der Waals surface area contributed by atoms with E-state index in [-0.39, 0.29) is 0 Å². The van der Waals surface area contributed by atoms with Crippen LogP contribution in [0.25, 0.3) is 0 Å². The van der Waals surface area contributed by atoms with Crippen molar-refractivity contribution in [2.24, 2.45) is 0 Å². The summed E-state index contributed by atoms with van der Waals surface area (Å²) in [5.74, 6) is 1.38. The quantitative estimate of drug-likeness (QED) is 0.902. The van der Waals surface area contributed by atoms with E-state index in [2.05, 4.69) is 0 Å². The molecule has 4 heteroatoms. The first kappa shape index (κ1) is 12.9. The molecule has 0 spiro atoms. The van der Waals surface area contributed by atoms with Crippen LogP contribution in [0, 0.1) is 0 Å². The Labute approximate surface area is 111 Å². The average Bonchev–Trinajstić information content (AvgIpc) is 2.90. The number of aliphatic hydroxyl groups excluding tert-OH is 1. The summed E-state index contributed by atoms with van der Waals surface area (Å²) in [5, 5.41) is 12.2. The van der Waals surface area contributed by atoms with Gasteiger partial charge in [-0.1, -0.05) is 6.07 Å².